The van der Waals surface area contributed by atoms with E-state index in [-0.39, 0.29) is 28.9 Å². The Morgan fingerprint density at radius 2 is 1.94 bits per heavy atom. The molecule has 0 aliphatic carbocycles. The molecule has 1 saturated heterocycles. The van der Waals surface area contributed by atoms with Crippen LogP contribution in [0, 0.1) is 0 Å². The van der Waals surface area contributed by atoms with Gasteiger partial charge in [0.25, 0.3) is 5.91 Å². The second kappa shape index (κ2) is 4.56. The molecule has 0 aromatic heterocycles. The molecule has 6 heteroatoms. The lowest BCUT2D eigenvalue weighted by molar-refractivity contribution is -0.127. The fourth-order valence-electron chi connectivity index (χ4n) is 1.94. The summed E-state index contributed by atoms with van der Waals surface area (Å²) >= 11 is 0. The summed E-state index contributed by atoms with van der Waals surface area (Å²) in [6.45, 7) is 2.44. The summed E-state index contributed by atoms with van der Waals surface area (Å²) in [5.41, 5.74) is 0.161. The SMILES string of the molecule is CC1C(=O)NCCN1C(=O)c1cc(O)cc(O)c1. The molecule has 6 nitrogen and oxygen atoms in total. The van der Waals surface area contributed by atoms with Gasteiger partial charge in [0.15, 0.2) is 0 Å². The topological polar surface area (TPSA) is 89.9 Å². The van der Waals surface area contributed by atoms with E-state index in [9.17, 15) is 19.8 Å². The molecule has 1 aliphatic rings. The van der Waals surface area contributed by atoms with Gasteiger partial charge in [-0.2, -0.15) is 0 Å². The molecule has 18 heavy (non-hydrogen) atoms. The zero-order valence-electron chi connectivity index (χ0n) is 9.88. The molecule has 2 amide bonds. The third-order valence-corrected chi connectivity index (χ3v) is 2.91. The van der Waals surface area contributed by atoms with Crippen LogP contribution in [-0.4, -0.2) is 46.1 Å². The molecular formula is C12H14N2O4. The molecule has 0 bridgehead atoms. The maximum atomic E-state index is 12.2. The van der Waals surface area contributed by atoms with Crippen molar-refractivity contribution in [1.82, 2.24) is 10.2 Å². The zero-order valence-corrected chi connectivity index (χ0v) is 9.88. The maximum Gasteiger partial charge on any atom is 0.254 e. The van der Waals surface area contributed by atoms with Crippen LogP contribution >= 0.6 is 0 Å². The molecule has 0 spiro atoms. The Balaban J connectivity index is 2.27. The Bertz CT molecular complexity index is 481. The number of carbonyl (C=O) groups is 2. The summed E-state index contributed by atoms with van der Waals surface area (Å²) in [6, 6.07) is 3.11. The lowest BCUT2D eigenvalue weighted by atomic mass is 10.1. The Morgan fingerprint density at radius 3 is 2.56 bits per heavy atom. The van der Waals surface area contributed by atoms with Crippen molar-refractivity contribution in [2.24, 2.45) is 0 Å². The Labute approximate surface area is 104 Å². The van der Waals surface area contributed by atoms with Crippen LogP contribution in [-0.2, 0) is 4.79 Å². The van der Waals surface area contributed by atoms with Gasteiger partial charge in [-0.05, 0) is 19.1 Å². The molecular weight excluding hydrogens is 236 g/mol. The number of hydrogen-bond acceptors (Lipinski definition) is 4. The summed E-state index contributed by atoms with van der Waals surface area (Å²) in [5, 5.41) is 21.4. The van der Waals surface area contributed by atoms with Gasteiger partial charge in [0, 0.05) is 24.7 Å². The van der Waals surface area contributed by atoms with Gasteiger partial charge in [0.1, 0.15) is 17.5 Å². The molecule has 1 atom stereocenters. The Hall–Kier alpha value is -2.24. The van der Waals surface area contributed by atoms with Crippen LogP contribution in [0.15, 0.2) is 18.2 Å². The lowest BCUT2D eigenvalue weighted by Gasteiger charge is -2.32. The van der Waals surface area contributed by atoms with Crippen LogP contribution in [0.5, 0.6) is 11.5 Å². The number of piperazine rings is 1. The zero-order chi connectivity index (χ0) is 13.3. The van der Waals surface area contributed by atoms with Crippen molar-refractivity contribution in [1.29, 1.82) is 0 Å². The summed E-state index contributed by atoms with van der Waals surface area (Å²) in [7, 11) is 0. The number of carbonyl (C=O) groups excluding carboxylic acids is 2. The van der Waals surface area contributed by atoms with E-state index in [1.165, 1.54) is 17.0 Å². The smallest absolute Gasteiger partial charge is 0.254 e. The van der Waals surface area contributed by atoms with E-state index < -0.39 is 6.04 Å². The number of benzene rings is 1. The van der Waals surface area contributed by atoms with Crippen molar-refractivity contribution in [3.8, 4) is 11.5 Å². The van der Waals surface area contributed by atoms with Crippen molar-refractivity contribution >= 4 is 11.8 Å². The molecule has 0 radical (unpaired) electrons. The average molecular weight is 250 g/mol. The highest BCUT2D eigenvalue weighted by molar-refractivity contribution is 5.98. The Kier molecular flexibility index (Phi) is 3.10. The highest BCUT2D eigenvalue weighted by Gasteiger charge is 2.30. The van der Waals surface area contributed by atoms with Crippen LogP contribution in [0.3, 0.4) is 0 Å². The first-order valence-electron chi connectivity index (χ1n) is 5.61. The normalized spacial score (nSPS) is 19.5. The summed E-state index contributed by atoms with van der Waals surface area (Å²) in [4.78, 5) is 25.1. The highest BCUT2D eigenvalue weighted by atomic mass is 16.3. The lowest BCUT2D eigenvalue weighted by Crippen LogP contribution is -2.55. The van der Waals surface area contributed by atoms with Gasteiger partial charge >= 0.3 is 0 Å². The van der Waals surface area contributed by atoms with E-state index >= 15 is 0 Å². The van der Waals surface area contributed by atoms with Gasteiger partial charge in [-0.3, -0.25) is 9.59 Å². The highest BCUT2D eigenvalue weighted by Crippen LogP contribution is 2.22. The van der Waals surface area contributed by atoms with E-state index in [4.69, 9.17) is 0 Å². The largest absolute Gasteiger partial charge is 0.508 e. The van der Waals surface area contributed by atoms with Gasteiger partial charge in [-0.25, -0.2) is 0 Å². The fourth-order valence-corrected chi connectivity index (χ4v) is 1.94. The number of nitrogens with zero attached hydrogens (tertiary/aromatic N) is 1. The molecule has 1 fully saturated rings. The van der Waals surface area contributed by atoms with E-state index in [2.05, 4.69) is 5.32 Å². The van der Waals surface area contributed by atoms with Gasteiger partial charge in [-0.15, -0.1) is 0 Å². The molecule has 1 heterocycles. The number of nitrogens with one attached hydrogen (secondary N) is 1. The number of aromatic hydroxyl groups is 2. The molecule has 3 N–H and O–H groups in total. The summed E-state index contributed by atoms with van der Waals surface area (Å²) < 4.78 is 0. The first-order chi connectivity index (χ1) is 8.49. The first-order valence-corrected chi connectivity index (χ1v) is 5.61. The van der Waals surface area contributed by atoms with Crippen molar-refractivity contribution in [2.45, 2.75) is 13.0 Å². The third-order valence-electron chi connectivity index (χ3n) is 2.91. The Morgan fingerprint density at radius 1 is 1.33 bits per heavy atom. The van der Waals surface area contributed by atoms with E-state index in [0.29, 0.717) is 13.1 Å². The van der Waals surface area contributed by atoms with E-state index in [1.807, 2.05) is 0 Å². The predicted molar refractivity (Wildman–Crippen MR) is 63.3 cm³/mol. The molecule has 1 aromatic rings. The number of hydrogen-bond donors (Lipinski definition) is 3. The quantitative estimate of drug-likeness (QED) is 0.657. The van der Waals surface area contributed by atoms with E-state index in [0.717, 1.165) is 6.07 Å². The standard InChI is InChI=1S/C12H14N2O4/c1-7-11(17)13-2-3-14(7)12(18)8-4-9(15)6-10(16)5-8/h4-7,15-16H,2-3H2,1H3,(H,13,17). The molecule has 96 valence electrons. The second-order valence-electron chi connectivity index (χ2n) is 4.20. The van der Waals surface area contributed by atoms with Crippen molar-refractivity contribution < 1.29 is 19.8 Å². The minimum atomic E-state index is -0.559. The number of rotatable bonds is 1. The maximum absolute atomic E-state index is 12.2. The van der Waals surface area contributed by atoms with Crippen LogP contribution in [0.4, 0.5) is 0 Å². The van der Waals surface area contributed by atoms with Gasteiger partial charge in [0.05, 0.1) is 0 Å². The number of amides is 2. The summed E-state index contributed by atoms with van der Waals surface area (Å²) in [6.07, 6.45) is 0. The van der Waals surface area contributed by atoms with Crippen LogP contribution in [0.2, 0.25) is 0 Å². The van der Waals surface area contributed by atoms with Gasteiger partial charge in [0.2, 0.25) is 5.91 Å². The minimum Gasteiger partial charge on any atom is -0.508 e. The number of phenolic OH excluding ortho intramolecular Hbond substituents is 2. The van der Waals surface area contributed by atoms with Crippen LogP contribution in [0.1, 0.15) is 17.3 Å². The average Bonchev–Trinajstić information content (AvgIpc) is 2.30. The van der Waals surface area contributed by atoms with Gasteiger partial charge < -0.3 is 20.4 Å². The van der Waals surface area contributed by atoms with Crippen molar-refractivity contribution in [2.75, 3.05) is 13.1 Å². The minimum absolute atomic E-state index is 0.161. The number of phenols is 2. The molecule has 1 aliphatic heterocycles. The molecule has 1 unspecified atom stereocenters. The van der Waals surface area contributed by atoms with Crippen molar-refractivity contribution in [3.63, 3.8) is 0 Å². The second-order valence-corrected chi connectivity index (χ2v) is 4.20. The fraction of sp³-hybridized carbons (Fsp3) is 0.333. The first kappa shape index (κ1) is 12.2. The van der Waals surface area contributed by atoms with Crippen LogP contribution in [0.25, 0.3) is 0 Å². The molecule has 2 rings (SSSR count). The third kappa shape index (κ3) is 2.22. The van der Waals surface area contributed by atoms with E-state index in [1.54, 1.807) is 6.92 Å². The van der Waals surface area contributed by atoms with Gasteiger partial charge in [-0.1, -0.05) is 0 Å². The molecule has 0 saturated carbocycles. The monoisotopic (exact) mass is 250 g/mol. The predicted octanol–water partition coefficient (Wildman–Crippen LogP) is 0.0583. The van der Waals surface area contributed by atoms with Crippen molar-refractivity contribution in [3.05, 3.63) is 23.8 Å². The summed E-state index contributed by atoms with van der Waals surface area (Å²) in [5.74, 6) is -0.970. The van der Waals surface area contributed by atoms with Crippen LogP contribution < -0.4 is 5.32 Å². The molecule has 1 aromatic carbocycles.